The maximum atomic E-state index is 12.2. The van der Waals surface area contributed by atoms with Crippen molar-refractivity contribution in [3.63, 3.8) is 0 Å². The van der Waals surface area contributed by atoms with Crippen LogP contribution in [-0.4, -0.2) is 22.3 Å². The van der Waals surface area contributed by atoms with Crippen LogP contribution in [0.1, 0.15) is 43.4 Å². The van der Waals surface area contributed by atoms with Gasteiger partial charge in [-0.15, -0.1) is 0 Å². The van der Waals surface area contributed by atoms with Crippen LogP contribution in [0.5, 0.6) is 5.75 Å². The molecule has 0 saturated heterocycles. The maximum Gasteiger partial charge on any atom is 0.226 e. The lowest BCUT2D eigenvalue weighted by atomic mass is 9.85. The van der Waals surface area contributed by atoms with Gasteiger partial charge in [-0.3, -0.25) is 4.79 Å². The Balaban J connectivity index is 1.77. The number of aromatic nitrogens is 2. The predicted octanol–water partition coefficient (Wildman–Crippen LogP) is 3.37. The van der Waals surface area contributed by atoms with Gasteiger partial charge in [-0.2, -0.15) is 5.10 Å². The molecule has 0 aliphatic carbocycles. The van der Waals surface area contributed by atoms with Crippen molar-refractivity contribution in [2.24, 2.45) is 0 Å². The number of nitrogens with one attached hydrogen (secondary N) is 1. The van der Waals surface area contributed by atoms with Gasteiger partial charge in [0.15, 0.2) is 0 Å². The number of anilines is 1. The molecule has 118 valence electrons. The molecule has 5 nitrogen and oxygen atoms in total. The molecule has 1 N–H and O–H groups in total. The van der Waals surface area contributed by atoms with Crippen LogP contribution in [0.3, 0.4) is 0 Å². The lowest BCUT2D eigenvalue weighted by molar-refractivity contribution is -0.116. The number of rotatable bonds is 2. The van der Waals surface area contributed by atoms with Crippen LogP contribution in [-0.2, 0) is 4.79 Å². The van der Waals surface area contributed by atoms with E-state index in [2.05, 4.69) is 30.3 Å². The van der Waals surface area contributed by atoms with Crippen molar-refractivity contribution >= 4 is 17.8 Å². The third-order valence-electron chi connectivity index (χ3n) is 4.44. The molecule has 0 saturated carbocycles. The van der Waals surface area contributed by atoms with Crippen molar-refractivity contribution < 1.29 is 9.53 Å². The molecule has 0 radical (unpaired) electrons. The fraction of sp³-hybridized carbons (Fsp3) is 0.333. The van der Waals surface area contributed by atoms with Crippen LogP contribution < -0.4 is 10.1 Å². The summed E-state index contributed by atoms with van der Waals surface area (Å²) in [5.74, 6) is 1.78. The number of carbonyl (C=O) groups excluding carboxylic acids is 1. The topological polar surface area (TPSA) is 56.2 Å². The summed E-state index contributed by atoms with van der Waals surface area (Å²) in [6.45, 7) is 4.63. The number of para-hydroxylation sites is 1. The first-order valence-corrected chi connectivity index (χ1v) is 7.93. The van der Waals surface area contributed by atoms with Crippen LogP contribution in [0.2, 0.25) is 0 Å². The minimum atomic E-state index is 0.0274. The third kappa shape index (κ3) is 2.32. The van der Waals surface area contributed by atoms with Gasteiger partial charge in [0, 0.05) is 29.5 Å². The van der Waals surface area contributed by atoms with Gasteiger partial charge in [0.2, 0.25) is 5.91 Å². The van der Waals surface area contributed by atoms with E-state index >= 15 is 0 Å². The molecule has 4 rings (SSSR count). The first-order valence-electron chi connectivity index (χ1n) is 7.93. The van der Waals surface area contributed by atoms with E-state index in [1.165, 1.54) is 0 Å². The number of nitrogens with zero attached hydrogens (tertiary/aromatic N) is 2. The fourth-order valence-electron chi connectivity index (χ4n) is 3.30. The van der Waals surface area contributed by atoms with Gasteiger partial charge in [0.25, 0.3) is 0 Å². The molecule has 0 spiro atoms. The first kappa shape index (κ1) is 14.1. The third-order valence-corrected chi connectivity index (χ3v) is 4.44. The van der Waals surface area contributed by atoms with Crippen LogP contribution in [0.25, 0.3) is 6.08 Å². The van der Waals surface area contributed by atoms with Gasteiger partial charge in [0.1, 0.15) is 18.2 Å². The molecule has 0 bridgehead atoms. The first-order chi connectivity index (χ1) is 11.1. The van der Waals surface area contributed by atoms with E-state index in [0.717, 1.165) is 28.3 Å². The second-order valence-corrected chi connectivity index (χ2v) is 6.34. The Morgan fingerprint density at radius 3 is 3.00 bits per heavy atom. The normalized spacial score (nSPS) is 19.5. The van der Waals surface area contributed by atoms with Gasteiger partial charge < -0.3 is 10.1 Å². The number of carbonyl (C=O) groups is 1. The number of hydrogen-bond donors (Lipinski definition) is 1. The Labute approximate surface area is 135 Å². The summed E-state index contributed by atoms with van der Waals surface area (Å²) >= 11 is 0. The van der Waals surface area contributed by atoms with Gasteiger partial charge in [0.05, 0.1) is 6.20 Å². The molecule has 2 aliphatic rings. The molecule has 1 aromatic heterocycles. The summed E-state index contributed by atoms with van der Waals surface area (Å²) in [5, 5.41) is 7.43. The maximum absolute atomic E-state index is 12.2. The van der Waals surface area contributed by atoms with Crippen LogP contribution in [0, 0.1) is 0 Å². The molecule has 5 heteroatoms. The number of ether oxygens (including phenoxy) is 1. The Kier molecular flexibility index (Phi) is 3.22. The zero-order chi connectivity index (χ0) is 16.0. The zero-order valence-electron chi connectivity index (χ0n) is 13.2. The standard InChI is InChI=1S/C18H19N3O2/c1-11(2)21-18-15(9-19-21)14(8-17(22)20-18)13-7-12-5-3-4-6-16(12)23-10-13/h3-7,9,11,14H,8,10H2,1-2H3,(H,20,22)/t14-/m1/s1. The zero-order valence-corrected chi connectivity index (χ0v) is 13.2. The smallest absolute Gasteiger partial charge is 0.226 e. The van der Waals surface area contributed by atoms with Crippen molar-refractivity contribution in [2.75, 3.05) is 11.9 Å². The molecular weight excluding hydrogens is 290 g/mol. The van der Waals surface area contributed by atoms with E-state index < -0.39 is 0 Å². The highest BCUT2D eigenvalue weighted by molar-refractivity contribution is 5.94. The molecule has 3 heterocycles. The molecule has 0 unspecified atom stereocenters. The average Bonchev–Trinajstić information content (AvgIpc) is 2.97. The van der Waals surface area contributed by atoms with Crippen LogP contribution in [0.4, 0.5) is 5.82 Å². The highest BCUT2D eigenvalue weighted by Gasteiger charge is 2.32. The highest BCUT2D eigenvalue weighted by atomic mass is 16.5. The predicted molar refractivity (Wildman–Crippen MR) is 88.5 cm³/mol. The van der Waals surface area contributed by atoms with Crippen molar-refractivity contribution in [1.82, 2.24) is 9.78 Å². The molecule has 2 aliphatic heterocycles. The number of amides is 1. The van der Waals surface area contributed by atoms with Crippen LogP contribution >= 0.6 is 0 Å². The van der Waals surface area contributed by atoms with Crippen LogP contribution in [0.15, 0.2) is 36.0 Å². The second kappa shape index (κ2) is 5.26. The van der Waals surface area contributed by atoms with Crippen molar-refractivity contribution in [2.45, 2.75) is 32.2 Å². The quantitative estimate of drug-likeness (QED) is 0.925. The Hall–Kier alpha value is -2.56. The van der Waals surface area contributed by atoms with E-state index in [1.807, 2.05) is 35.1 Å². The minimum absolute atomic E-state index is 0.0274. The van der Waals surface area contributed by atoms with Gasteiger partial charge in [-0.25, -0.2) is 4.68 Å². The number of benzene rings is 1. The molecule has 2 aromatic rings. The number of hydrogen-bond acceptors (Lipinski definition) is 3. The molecule has 1 atom stereocenters. The van der Waals surface area contributed by atoms with Crippen molar-refractivity contribution in [3.8, 4) is 5.75 Å². The van der Waals surface area contributed by atoms with E-state index in [4.69, 9.17) is 4.74 Å². The largest absolute Gasteiger partial charge is 0.489 e. The molecule has 1 aromatic carbocycles. The molecule has 23 heavy (non-hydrogen) atoms. The van der Waals surface area contributed by atoms with Gasteiger partial charge in [-0.05, 0) is 31.6 Å². The monoisotopic (exact) mass is 309 g/mol. The Morgan fingerprint density at radius 1 is 1.35 bits per heavy atom. The highest BCUT2D eigenvalue weighted by Crippen LogP contribution is 2.41. The van der Waals surface area contributed by atoms with Gasteiger partial charge in [-0.1, -0.05) is 18.2 Å². The Morgan fingerprint density at radius 2 is 2.17 bits per heavy atom. The lowest BCUT2D eigenvalue weighted by Gasteiger charge is -2.28. The SMILES string of the molecule is CC(C)n1ncc2c1NC(=O)C[C@@H]2C1=Cc2ccccc2OC1. The summed E-state index contributed by atoms with van der Waals surface area (Å²) in [5.41, 5.74) is 3.27. The number of fused-ring (bicyclic) bond motifs is 2. The summed E-state index contributed by atoms with van der Waals surface area (Å²) in [6.07, 6.45) is 4.47. The lowest BCUT2D eigenvalue weighted by Crippen LogP contribution is -2.27. The summed E-state index contributed by atoms with van der Waals surface area (Å²) < 4.78 is 7.74. The summed E-state index contributed by atoms with van der Waals surface area (Å²) in [6, 6.07) is 8.18. The van der Waals surface area contributed by atoms with Crippen molar-refractivity contribution in [3.05, 3.63) is 47.2 Å². The fourth-order valence-corrected chi connectivity index (χ4v) is 3.30. The van der Waals surface area contributed by atoms with E-state index in [1.54, 1.807) is 0 Å². The molecular formula is C18H19N3O2. The van der Waals surface area contributed by atoms with E-state index in [0.29, 0.717) is 13.0 Å². The summed E-state index contributed by atoms with van der Waals surface area (Å²) in [4.78, 5) is 12.2. The summed E-state index contributed by atoms with van der Waals surface area (Å²) in [7, 11) is 0. The molecule has 0 fully saturated rings. The molecule has 1 amide bonds. The van der Waals surface area contributed by atoms with Gasteiger partial charge >= 0.3 is 0 Å². The van der Waals surface area contributed by atoms with E-state index in [9.17, 15) is 4.79 Å². The van der Waals surface area contributed by atoms with Crippen molar-refractivity contribution in [1.29, 1.82) is 0 Å². The minimum Gasteiger partial charge on any atom is -0.489 e. The Bertz CT molecular complexity index is 804. The second-order valence-electron chi connectivity index (χ2n) is 6.34. The van der Waals surface area contributed by atoms with E-state index in [-0.39, 0.29) is 17.9 Å². The average molecular weight is 309 g/mol.